The second kappa shape index (κ2) is 6.87. The van der Waals surface area contributed by atoms with Crippen molar-refractivity contribution >= 4 is 34.7 Å². The van der Waals surface area contributed by atoms with E-state index in [-0.39, 0.29) is 18.2 Å². The van der Waals surface area contributed by atoms with Gasteiger partial charge in [0.05, 0.1) is 18.3 Å². The van der Waals surface area contributed by atoms with Crippen LogP contribution < -0.4 is 4.90 Å². The first-order valence-electron chi connectivity index (χ1n) is 8.69. The molecule has 2 aromatic heterocycles. The van der Waals surface area contributed by atoms with Crippen molar-refractivity contribution in [3.63, 3.8) is 0 Å². The van der Waals surface area contributed by atoms with Gasteiger partial charge in [-0.3, -0.25) is 4.90 Å². The molecule has 0 bridgehead atoms. The largest absolute Gasteiger partial charge is 0.444 e. The van der Waals surface area contributed by atoms with E-state index in [0.717, 1.165) is 5.82 Å². The summed E-state index contributed by atoms with van der Waals surface area (Å²) in [6, 6.07) is 3.46. The number of nitrogens with zero attached hydrogens (tertiary/aromatic N) is 5. The van der Waals surface area contributed by atoms with Crippen molar-refractivity contribution in [1.82, 2.24) is 19.9 Å². The van der Waals surface area contributed by atoms with Gasteiger partial charge in [0.2, 0.25) is 0 Å². The highest BCUT2D eigenvalue weighted by Crippen LogP contribution is 2.24. The Bertz CT molecular complexity index is 811. The zero-order valence-corrected chi connectivity index (χ0v) is 16.5. The second-order valence-electron chi connectivity index (χ2n) is 7.70. The van der Waals surface area contributed by atoms with Crippen molar-refractivity contribution in [2.24, 2.45) is 0 Å². The fourth-order valence-electron chi connectivity index (χ4n) is 3.20. The van der Waals surface area contributed by atoms with Crippen molar-refractivity contribution < 1.29 is 9.53 Å². The summed E-state index contributed by atoms with van der Waals surface area (Å²) in [6.07, 6.45) is 1.45. The molecule has 3 rings (SSSR count). The lowest BCUT2D eigenvalue weighted by atomic mass is 10.1. The molecular formula is C18H24ClN5O2. The summed E-state index contributed by atoms with van der Waals surface area (Å²) < 4.78 is 5.55. The maximum absolute atomic E-state index is 12.5. The number of carbonyl (C=O) groups excluding carboxylic acids is 1. The molecule has 1 amide bonds. The molecule has 8 heteroatoms. The van der Waals surface area contributed by atoms with Gasteiger partial charge in [0.1, 0.15) is 22.1 Å². The molecule has 0 radical (unpaired) electrons. The Hall–Kier alpha value is -2.15. The number of fused-ring (bicyclic) bond motifs is 1. The van der Waals surface area contributed by atoms with E-state index < -0.39 is 5.60 Å². The number of amides is 1. The van der Waals surface area contributed by atoms with E-state index in [1.54, 1.807) is 23.2 Å². The van der Waals surface area contributed by atoms with Crippen LogP contribution in [0.5, 0.6) is 0 Å². The van der Waals surface area contributed by atoms with Gasteiger partial charge < -0.3 is 9.64 Å². The average Bonchev–Trinajstić information content (AvgIpc) is 2.51. The van der Waals surface area contributed by atoms with E-state index >= 15 is 0 Å². The summed E-state index contributed by atoms with van der Waals surface area (Å²) in [6.45, 7) is 10.9. The topological polar surface area (TPSA) is 71.5 Å². The van der Waals surface area contributed by atoms with Crippen LogP contribution in [0.3, 0.4) is 0 Å². The normalized spacial score (nSPS) is 21.2. The number of carbonyl (C=O) groups is 1. The molecule has 7 nitrogen and oxygen atoms in total. The minimum Gasteiger partial charge on any atom is -0.444 e. The third-order valence-electron chi connectivity index (χ3n) is 4.21. The van der Waals surface area contributed by atoms with Crippen LogP contribution in [0.25, 0.3) is 11.2 Å². The summed E-state index contributed by atoms with van der Waals surface area (Å²) in [4.78, 5) is 29.7. The molecule has 140 valence electrons. The Morgan fingerprint density at radius 2 is 1.85 bits per heavy atom. The van der Waals surface area contributed by atoms with Crippen LogP contribution in [0.1, 0.15) is 34.6 Å². The minimum absolute atomic E-state index is 0.0154. The zero-order valence-electron chi connectivity index (χ0n) is 15.7. The van der Waals surface area contributed by atoms with E-state index in [1.165, 1.54) is 0 Å². The third kappa shape index (κ3) is 3.98. The van der Waals surface area contributed by atoms with Gasteiger partial charge in [-0.25, -0.2) is 19.7 Å². The lowest BCUT2D eigenvalue weighted by Crippen LogP contribution is -2.59. The lowest BCUT2D eigenvalue weighted by molar-refractivity contribution is 0.00560. The molecule has 26 heavy (non-hydrogen) atoms. The summed E-state index contributed by atoms with van der Waals surface area (Å²) in [5.41, 5.74) is 0.708. The molecule has 2 atom stereocenters. The predicted octanol–water partition coefficient (Wildman–Crippen LogP) is 3.51. The van der Waals surface area contributed by atoms with Gasteiger partial charge in [0.25, 0.3) is 0 Å². The van der Waals surface area contributed by atoms with Gasteiger partial charge in [0.15, 0.2) is 5.65 Å². The first kappa shape index (κ1) is 18.6. The molecular weight excluding hydrogens is 354 g/mol. The molecule has 1 saturated heterocycles. The van der Waals surface area contributed by atoms with Crippen LogP contribution in [0.15, 0.2) is 18.3 Å². The number of rotatable bonds is 1. The van der Waals surface area contributed by atoms with Gasteiger partial charge in [-0.15, -0.1) is 0 Å². The fourth-order valence-corrected chi connectivity index (χ4v) is 3.35. The highest BCUT2D eigenvalue weighted by atomic mass is 35.5. The van der Waals surface area contributed by atoms with E-state index in [2.05, 4.69) is 19.9 Å². The number of pyridine rings is 1. The Morgan fingerprint density at radius 1 is 1.19 bits per heavy atom. The smallest absolute Gasteiger partial charge is 0.410 e. The molecule has 0 N–H and O–H groups in total. The van der Waals surface area contributed by atoms with Crippen LogP contribution in [0.2, 0.25) is 5.15 Å². The standard InChI is InChI=1S/C18H24ClN5O2/c1-11-9-23(10-12(2)24(11)17(25)26-18(3,4)5)15-8-20-13-6-7-14(19)21-16(13)22-15/h6-8,11-12H,9-10H2,1-5H3/t11-,12+. The second-order valence-corrected chi connectivity index (χ2v) is 8.08. The summed E-state index contributed by atoms with van der Waals surface area (Å²) in [5, 5.41) is 0.389. The summed E-state index contributed by atoms with van der Waals surface area (Å²) in [7, 11) is 0. The molecule has 0 aromatic carbocycles. The van der Waals surface area contributed by atoms with E-state index in [1.807, 2.05) is 34.6 Å². The Balaban J connectivity index is 1.79. The first-order valence-corrected chi connectivity index (χ1v) is 9.07. The van der Waals surface area contributed by atoms with Crippen LogP contribution in [0.4, 0.5) is 10.6 Å². The first-order chi connectivity index (χ1) is 12.1. The molecule has 2 aromatic rings. The van der Waals surface area contributed by atoms with Gasteiger partial charge in [-0.05, 0) is 46.8 Å². The maximum atomic E-state index is 12.5. The minimum atomic E-state index is -0.511. The van der Waals surface area contributed by atoms with Crippen molar-refractivity contribution in [3.8, 4) is 0 Å². The number of halogens is 1. The van der Waals surface area contributed by atoms with Crippen molar-refractivity contribution in [2.45, 2.75) is 52.3 Å². The highest BCUT2D eigenvalue weighted by Gasteiger charge is 2.36. The van der Waals surface area contributed by atoms with Crippen molar-refractivity contribution in [3.05, 3.63) is 23.5 Å². The van der Waals surface area contributed by atoms with Crippen LogP contribution in [-0.4, -0.2) is 56.7 Å². The number of hydrogen-bond donors (Lipinski definition) is 0. The van der Waals surface area contributed by atoms with Gasteiger partial charge in [-0.2, -0.15) is 0 Å². The quantitative estimate of drug-likeness (QED) is 0.708. The molecule has 0 spiro atoms. The van der Waals surface area contributed by atoms with Gasteiger partial charge in [-0.1, -0.05) is 11.6 Å². The van der Waals surface area contributed by atoms with Crippen molar-refractivity contribution in [2.75, 3.05) is 18.0 Å². The van der Waals surface area contributed by atoms with E-state index in [0.29, 0.717) is 29.4 Å². The molecule has 1 fully saturated rings. The molecule has 1 aliphatic heterocycles. The number of hydrogen-bond acceptors (Lipinski definition) is 6. The lowest BCUT2D eigenvalue weighted by Gasteiger charge is -2.44. The van der Waals surface area contributed by atoms with Crippen LogP contribution in [0, 0.1) is 0 Å². The number of piperazine rings is 1. The van der Waals surface area contributed by atoms with Crippen LogP contribution in [-0.2, 0) is 4.74 Å². The number of aromatic nitrogens is 3. The number of anilines is 1. The average molecular weight is 378 g/mol. The Labute approximate surface area is 158 Å². The fraction of sp³-hybridized carbons (Fsp3) is 0.556. The predicted molar refractivity (Wildman–Crippen MR) is 102 cm³/mol. The Morgan fingerprint density at radius 3 is 2.46 bits per heavy atom. The van der Waals surface area contributed by atoms with Gasteiger partial charge >= 0.3 is 6.09 Å². The molecule has 0 aliphatic carbocycles. The van der Waals surface area contributed by atoms with E-state index in [9.17, 15) is 4.79 Å². The molecule has 1 aliphatic rings. The summed E-state index contributed by atoms with van der Waals surface area (Å²) in [5.74, 6) is 0.731. The number of ether oxygens (including phenoxy) is 1. The third-order valence-corrected chi connectivity index (χ3v) is 4.42. The Kier molecular flexibility index (Phi) is 4.92. The summed E-state index contributed by atoms with van der Waals surface area (Å²) >= 11 is 5.96. The zero-order chi connectivity index (χ0) is 19.1. The maximum Gasteiger partial charge on any atom is 0.410 e. The molecule has 3 heterocycles. The van der Waals surface area contributed by atoms with Crippen molar-refractivity contribution in [1.29, 1.82) is 0 Å². The van der Waals surface area contributed by atoms with Crippen LogP contribution >= 0.6 is 11.6 Å². The molecule has 0 saturated carbocycles. The van der Waals surface area contributed by atoms with E-state index in [4.69, 9.17) is 16.3 Å². The van der Waals surface area contributed by atoms with Gasteiger partial charge in [0, 0.05) is 13.1 Å². The molecule has 0 unspecified atom stereocenters. The monoisotopic (exact) mass is 377 g/mol. The highest BCUT2D eigenvalue weighted by molar-refractivity contribution is 6.29. The SMILES string of the molecule is C[C@@H]1CN(c2cnc3ccc(Cl)nc3n2)C[C@H](C)N1C(=O)OC(C)(C)C.